The Hall–Kier alpha value is -3.34. The van der Waals surface area contributed by atoms with Crippen molar-refractivity contribution in [1.82, 2.24) is 20.4 Å². The van der Waals surface area contributed by atoms with Gasteiger partial charge in [-0.25, -0.2) is 4.79 Å². The van der Waals surface area contributed by atoms with Crippen LogP contribution in [0.5, 0.6) is 0 Å². The summed E-state index contributed by atoms with van der Waals surface area (Å²) in [5.41, 5.74) is -0.931. The molecule has 0 saturated heterocycles. The minimum absolute atomic E-state index is 0.00434. The Morgan fingerprint density at radius 3 is 2.70 bits per heavy atom. The molecule has 33 heavy (non-hydrogen) atoms. The second kappa shape index (κ2) is 9.65. The highest BCUT2D eigenvalue weighted by Crippen LogP contribution is 2.41. The minimum Gasteiger partial charge on any atom is -0.383 e. The van der Waals surface area contributed by atoms with Crippen LogP contribution in [0.1, 0.15) is 24.1 Å². The van der Waals surface area contributed by atoms with E-state index in [-0.39, 0.29) is 43.1 Å². The quantitative estimate of drug-likeness (QED) is 0.454. The molecule has 1 aromatic carbocycles. The van der Waals surface area contributed by atoms with Gasteiger partial charge in [0.2, 0.25) is 5.91 Å². The lowest BCUT2D eigenvalue weighted by Gasteiger charge is -2.33. The number of amides is 4. The molecule has 3 rings (SSSR count). The van der Waals surface area contributed by atoms with Crippen LogP contribution >= 0.6 is 0 Å². The van der Waals surface area contributed by atoms with Gasteiger partial charge in [0, 0.05) is 20.2 Å². The number of methoxy groups -OCH3 is 1. The van der Waals surface area contributed by atoms with Crippen LogP contribution in [-0.4, -0.2) is 67.0 Å². The van der Waals surface area contributed by atoms with E-state index in [9.17, 15) is 27.6 Å². The van der Waals surface area contributed by atoms with Gasteiger partial charge in [-0.15, -0.1) is 6.58 Å². The van der Waals surface area contributed by atoms with Crippen molar-refractivity contribution in [2.75, 3.05) is 33.4 Å². The van der Waals surface area contributed by atoms with Crippen LogP contribution in [0.2, 0.25) is 0 Å². The first-order valence-electron chi connectivity index (χ1n) is 10.3. The maximum atomic E-state index is 13.7. The highest BCUT2D eigenvalue weighted by atomic mass is 19.4. The van der Waals surface area contributed by atoms with E-state index in [1.165, 1.54) is 48.1 Å². The van der Waals surface area contributed by atoms with E-state index in [1.807, 2.05) is 0 Å². The average Bonchev–Trinajstić information content (AvgIpc) is 3.11. The molecular formula is C22H25F3N4O4. The standard InChI is InChI=1S/C22H25F3N4O4/c1-4-10-28-16-12-29(13(2)19(30)26-9-11-33-3)20(31)17(16)18(27-21(28)32)14-7-5-6-8-15(14)22(23,24)25/h4-8,13,18H,1,9-12H2,2-3H3,(H,26,30)(H,27,32)/t13-,18-/m0/s1. The summed E-state index contributed by atoms with van der Waals surface area (Å²) in [5, 5.41) is 5.17. The van der Waals surface area contributed by atoms with Gasteiger partial charge in [-0.3, -0.25) is 14.5 Å². The third kappa shape index (κ3) is 4.72. The Bertz CT molecular complexity index is 992. The fourth-order valence-corrected chi connectivity index (χ4v) is 3.95. The van der Waals surface area contributed by atoms with Crippen molar-refractivity contribution in [3.05, 3.63) is 59.3 Å². The molecule has 0 unspecified atom stereocenters. The Morgan fingerprint density at radius 2 is 2.06 bits per heavy atom. The number of alkyl halides is 3. The number of rotatable bonds is 8. The van der Waals surface area contributed by atoms with Gasteiger partial charge in [0.25, 0.3) is 5.91 Å². The van der Waals surface area contributed by atoms with E-state index in [2.05, 4.69) is 17.2 Å². The van der Waals surface area contributed by atoms with Crippen molar-refractivity contribution in [2.24, 2.45) is 0 Å². The second-order valence-electron chi connectivity index (χ2n) is 7.62. The summed E-state index contributed by atoms with van der Waals surface area (Å²) in [7, 11) is 1.48. The van der Waals surface area contributed by atoms with Crippen LogP contribution in [0, 0.1) is 0 Å². The molecule has 4 amide bonds. The van der Waals surface area contributed by atoms with Crippen molar-refractivity contribution in [3.8, 4) is 0 Å². The molecule has 2 heterocycles. The number of nitrogens with one attached hydrogen (secondary N) is 2. The number of halogens is 3. The van der Waals surface area contributed by atoms with Gasteiger partial charge in [-0.05, 0) is 18.6 Å². The maximum absolute atomic E-state index is 13.7. The van der Waals surface area contributed by atoms with Crippen LogP contribution in [0.3, 0.4) is 0 Å². The largest absolute Gasteiger partial charge is 0.416 e. The normalized spacial score (nSPS) is 19.4. The molecule has 11 heteroatoms. The summed E-state index contributed by atoms with van der Waals surface area (Å²) in [4.78, 5) is 41.2. The van der Waals surface area contributed by atoms with Gasteiger partial charge in [-0.1, -0.05) is 24.3 Å². The summed E-state index contributed by atoms with van der Waals surface area (Å²) in [6, 6.07) is 1.91. The van der Waals surface area contributed by atoms with Crippen LogP contribution in [0.25, 0.3) is 0 Å². The predicted octanol–water partition coefficient (Wildman–Crippen LogP) is 2.21. The van der Waals surface area contributed by atoms with Gasteiger partial charge >= 0.3 is 12.2 Å². The molecule has 0 aromatic heterocycles. The van der Waals surface area contributed by atoms with Crippen LogP contribution in [-0.2, 0) is 20.5 Å². The molecule has 0 bridgehead atoms. The molecule has 0 fully saturated rings. The number of urea groups is 1. The third-order valence-corrected chi connectivity index (χ3v) is 5.59. The van der Waals surface area contributed by atoms with Crippen molar-refractivity contribution >= 4 is 17.8 Å². The molecular weight excluding hydrogens is 441 g/mol. The Labute approximate surface area is 189 Å². The molecule has 0 radical (unpaired) electrons. The number of hydrogen-bond donors (Lipinski definition) is 2. The van der Waals surface area contributed by atoms with E-state index in [1.54, 1.807) is 0 Å². The van der Waals surface area contributed by atoms with Crippen molar-refractivity contribution in [3.63, 3.8) is 0 Å². The monoisotopic (exact) mass is 466 g/mol. The molecule has 2 atom stereocenters. The zero-order valence-electron chi connectivity index (χ0n) is 18.2. The van der Waals surface area contributed by atoms with Crippen molar-refractivity contribution in [2.45, 2.75) is 25.2 Å². The third-order valence-electron chi connectivity index (χ3n) is 5.59. The lowest BCUT2D eigenvalue weighted by molar-refractivity contribution is -0.138. The van der Waals surface area contributed by atoms with E-state index in [0.717, 1.165) is 6.07 Å². The van der Waals surface area contributed by atoms with E-state index in [0.29, 0.717) is 0 Å². The van der Waals surface area contributed by atoms with Gasteiger partial charge in [-0.2, -0.15) is 13.2 Å². The fraction of sp³-hybridized carbons (Fsp3) is 0.409. The summed E-state index contributed by atoms with van der Waals surface area (Å²) in [6.07, 6.45) is -3.24. The van der Waals surface area contributed by atoms with Crippen LogP contribution in [0.15, 0.2) is 48.2 Å². The van der Waals surface area contributed by atoms with Crippen LogP contribution < -0.4 is 10.6 Å². The highest BCUT2D eigenvalue weighted by molar-refractivity contribution is 6.03. The van der Waals surface area contributed by atoms with Gasteiger partial charge in [0.1, 0.15) is 6.04 Å². The molecule has 0 spiro atoms. The fourth-order valence-electron chi connectivity index (χ4n) is 3.95. The SMILES string of the molecule is C=CCN1C(=O)N[C@@H](c2ccccc2C(F)(F)F)C2=C1CN([C@@H](C)C(=O)NCCOC)C2=O. The smallest absolute Gasteiger partial charge is 0.383 e. The van der Waals surface area contributed by atoms with Crippen LogP contribution in [0.4, 0.5) is 18.0 Å². The molecule has 0 aliphatic carbocycles. The lowest BCUT2D eigenvalue weighted by Crippen LogP contribution is -2.47. The molecule has 1 aromatic rings. The summed E-state index contributed by atoms with van der Waals surface area (Å²) < 4.78 is 46.0. The molecule has 2 aliphatic rings. The zero-order chi connectivity index (χ0) is 24.3. The summed E-state index contributed by atoms with van der Waals surface area (Å²) >= 11 is 0. The van der Waals surface area contributed by atoms with E-state index < -0.39 is 41.7 Å². The molecule has 0 saturated carbocycles. The van der Waals surface area contributed by atoms with E-state index in [4.69, 9.17) is 4.74 Å². The molecule has 8 nitrogen and oxygen atoms in total. The molecule has 178 valence electrons. The average molecular weight is 466 g/mol. The number of ether oxygens (including phenoxy) is 1. The first kappa shape index (κ1) is 24.3. The predicted molar refractivity (Wildman–Crippen MR) is 113 cm³/mol. The molecule has 2 aliphatic heterocycles. The topological polar surface area (TPSA) is 91.0 Å². The summed E-state index contributed by atoms with van der Waals surface area (Å²) in [6.45, 7) is 5.59. The first-order valence-corrected chi connectivity index (χ1v) is 10.3. The van der Waals surface area contributed by atoms with Crippen molar-refractivity contribution in [1.29, 1.82) is 0 Å². The highest BCUT2D eigenvalue weighted by Gasteiger charge is 2.47. The number of nitrogens with zero attached hydrogens (tertiary/aromatic N) is 2. The van der Waals surface area contributed by atoms with E-state index >= 15 is 0 Å². The van der Waals surface area contributed by atoms with Gasteiger partial charge in [0.15, 0.2) is 0 Å². The Balaban J connectivity index is 2.01. The summed E-state index contributed by atoms with van der Waals surface area (Å²) in [5.74, 6) is -1.06. The van der Waals surface area contributed by atoms with Gasteiger partial charge in [0.05, 0.1) is 36.0 Å². The lowest BCUT2D eigenvalue weighted by atomic mass is 9.91. The Kier molecular flexibility index (Phi) is 7.11. The minimum atomic E-state index is -4.68. The first-order chi connectivity index (χ1) is 15.6. The maximum Gasteiger partial charge on any atom is 0.416 e. The second-order valence-corrected chi connectivity index (χ2v) is 7.62. The number of carbonyl (C=O) groups excluding carboxylic acids is 3. The number of carbonyl (C=O) groups is 3. The molecule has 2 N–H and O–H groups in total. The van der Waals surface area contributed by atoms with Gasteiger partial charge < -0.3 is 20.3 Å². The number of hydrogen-bond acceptors (Lipinski definition) is 4. The van der Waals surface area contributed by atoms with Crippen molar-refractivity contribution < 1.29 is 32.3 Å². The Morgan fingerprint density at radius 1 is 1.36 bits per heavy atom. The zero-order valence-corrected chi connectivity index (χ0v) is 18.2. The number of benzene rings is 1.